The highest BCUT2D eigenvalue weighted by atomic mass is 35.5. The van der Waals surface area contributed by atoms with Crippen LogP contribution in [-0.2, 0) is 17.8 Å². The average molecular weight is 433 g/mol. The van der Waals surface area contributed by atoms with Gasteiger partial charge in [-0.25, -0.2) is 0 Å². The fraction of sp³-hybridized carbons (Fsp3) is 0.160. The molecular formula is C25H21ClN2OS. The normalized spacial score (nSPS) is 13.0. The zero-order chi connectivity index (χ0) is 20.5. The van der Waals surface area contributed by atoms with Crippen molar-refractivity contribution in [2.45, 2.75) is 17.9 Å². The number of nitrogens with zero attached hydrogens (tertiary/aromatic N) is 2. The molecule has 150 valence electrons. The lowest BCUT2D eigenvalue weighted by molar-refractivity contribution is -0.116. The monoisotopic (exact) mass is 432 g/mol. The summed E-state index contributed by atoms with van der Waals surface area (Å²) in [5, 5.41) is 1.93. The largest absolute Gasteiger partial charge is 0.342 e. The average Bonchev–Trinajstić information content (AvgIpc) is 3.36. The number of fused-ring (bicyclic) bond motifs is 2. The van der Waals surface area contributed by atoms with E-state index in [1.807, 2.05) is 35.2 Å². The van der Waals surface area contributed by atoms with E-state index < -0.39 is 0 Å². The number of rotatable bonds is 5. The predicted octanol–water partition coefficient (Wildman–Crippen LogP) is 6.02. The minimum Gasteiger partial charge on any atom is -0.342 e. The van der Waals surface area contributed by atoms with E-state index in [9.17, 15) is 4.79 Å². The summed E-state index contributed by atoms with van der Waals surface area (Å²) in [5.74, 6) is 0.600. The minimum atomic E-state index is 0.166. The maximum absolute atomic E-state index is 12.9. The molecule has 1 aliphatic heterocycles. The Morgan fingerprint density at radius 2 is 1.73 bits per heavy atom. The van der Waals surface area contributed by atoms with Crippen molar-refractivity contribution in [1.29, 1.82) is 0 Å². The maximum Gasteiger partial charge on any atom is 0.237 e. The molecular weight excluding hydrogens is 412 g/mol. The molecule has 1 aromatic heterocycles. The van der Waals surface area contributed by atoms with Crippen molar-refractivity contribution in [3.63, 3.8) is 0 Å². The van der Waals surface area contributed by atoms with Gasteiger partial charge in [0, 0.05) is 45.8 Å². The number of thioether (sulfide) groups is 1. The Bertz CT molecular complexity index is 1220. The Morgan fingerprint density at radius 1 is 0.967 bits per heavy atom. The van der Waals surface area contributed by atoms with E-state index in [1.54, 1.807) is 11.8 Å². The maximum atomic E-state index is 12.9. The second-order valence-corrected chi connectivity index (χ2v) is 8.93. The molecule has 0 saturated carbocycles. The van der Waals surface area contributed by atoms with Crippen LogP contribution in [0, 0.1) is 0 Å². The number of amides is 1. The molecule has 3 aromatic carbocycles. The van der Waals surface area contributed by atoms with Gasteiger partial charge in [-0.05, 0) is 41.8 Å². The molecule has 5 heteroatoms. The topological polar surface area (TPSA) is 25.2 Å². The summed E-state index contributed by atoms with van der Waals surface area (Å²) in [5.41, 5.74) is 4.69. The van der Waals surface area contributed by atoms with Gasteiger partial charge in [-0.3, -0.25) is 4.79 Å². The number of anilines is 1. The molecule has 4 aromatic rings. The van der Waals surface area contributed by atoms with E-state index >= 15 is 0 Å². The minimum absolute atomic E-state index is 0.166. The van der Waals surface area contributed by atoms with Gasteiger partial charge < -0.3 is 9.47 Å². The summed E-state index contributed by atoms with van der Waals surface area (Å²) in [6.45, 7) is 1.54. The van der Waals surface area contributed by atoms with Crippen molar-refractivity contribution in [2.24, 2.45) is 0 Å². The molecule has 0 saturated heterocycles. The SMILES string of the molecule is O=C(CSc1cn(Cc2ccc(Cl)cc2)c2ccccc12)N1CCc2ccccc21. The van der Waals surface area contributed by atoms with Gasteiger partial charge in [0.1, 0.15) is 0 Å². The highest BCUT2D eigenvalue weighted by Gasteiger charge is 2.24. The van der Waals surface area contributed by atoms with Gasteiger partial charge in [-0.1, -0.05) is 60.1 Å². The van der Waals surface area contributed by atoms with Crippen LogP contribution in [0.5, 0.6) is 0 Å². The van der Waals surface area contributed by atoms with Gasteiger partial charge in [-0.15, -0.1) is 11.8 Å². The van der Waals surface area contributed by atoms with Crippen LogP contribution in [0.15, 0.2) is 83.9 Å². The third-order valence-electron chi connectivity index (χ3n) is 5.56. The smallest absolute Gasteiger partial charge is 0.237 e. The second-order valence-electron chi connectivity index (χ2n) is 7.48. The lowest BCUT2D eigenvalue weighted by atomic mass is 10.2. The Morgan fingerprint density at radius 3 is 2.60 bits per heavy atom. The first-order chi connectivity index (χ1) is 14.7. The Balaban J connectivity index is 1.36. The van der Waals surface area contributed by atoms with Crippen LogP contribution in [0.2, 0.25) is 5.02 Å². The lowest BCUT2D eigenvalue weighted by Crippen LogP contribution is -2.30. The third kappa shape index (κ3) is 3.73. The molecule has 2 heterocycles. The van der Waals surface area contributed by atoms with Crippen LogP contribution in [0.25, 0.3) is 10.9 Å². The number of halogens is 1. The second kappa shape index (κ2) is 8.21. The summed E-state index contributed by atoms with van der Waals surface area (Å²) < 4.78 is 2.25. The van der Waals surface area contributed by atoms with E-state index in [-0.39, 0.29) is 5.91 Å². The highest BCUT2D eigenvalue weighted by Crippen LogP contribution is 2.33. The molecule has 0 radical (unpaired) electrons. The first kappa shape index (κ1) is 19.3. The van der Waals surface area contributed by atoms with Gasteiger partial charge in [-0.2, -0.15) is 0 Å². The first-order valence-corrected chi connectivity index (χ1v) is 11.4. The van der Waals surface area contributed by atoms with Crippen LogP contribution >= 0.6 is 23.4 Å². The zero-order valence-electron chi connectivity index (χ0n) is 16.4. The number of carbonyl (C=O) groups excluding carboxylic acids is 1. The van der Waals surface area contributed by atoms with E-state index in [4.69, 9.17) is 11.6 Å². The summed E-state index contributed by atoms with van der Waals surface area (Å²) in [4.78, 5) is 16.0. The molecule has 0 unspecified atom stereocenters. The summed E-state index contributed by atoms with van der Waals surface area (Å²) >= 11 is 7.64. The van der Waals surface area contributed by atoms with E-state index in [0.29, 0.717) is 5.75 Å². The van der Waals surface area contributed by atoms with E-state index in [1.165, 1.54) is 22.0 Å². The number of aromatic nitrogens is 1. The van der Waals surface area contributed by atoms with Crippen molar-refractivity contribution >= 4 is 45.9 Å². The van der Waals surface area contributed by atoms with Crippen LogP contribution in [0.3, 0.4) is 0 Å². The molecule has 1 aliphatic rings. The molecule has 0 atom stereocenters. The van der Waals surface area contributed by atoms with E-state index in [2.05, 4.69) is 53.2 Å². The molecule has 3 nitrogen and oxygen atoms in total. The van der Waals surface area contributed by atoms with Gasteiger partial charge in [0.05, 0.1) is 5.75 Å². The molecule has 0 N–H and O–H groups in total. The molecule has 0 aliphatic carbocycles. The first-order valence-electron chi connectivity index (χ1n) is 10.0. The highest BCUT2D eigenvalue weighted by molar-refractivity contribution is 8.00. The van der Waals surface area contributed by atoms with Crippen molar-refractivity contribution < 1.29 is 4.79 Å². The Kier molecular flexibility index (Phi) is 5.28. The van der Waals surface area contributed by atoms with Crippen LogP contribution in [0.4, 0.5) is 5.69 Å². The zero-order valence-corrected chi connectivity index (χ0v) is 18.0. The summed E-state index contributed by atoms with van der Waals surface area (Å²) in [6, 6.07) is 24.5. The van der Waals surface area contributed by atoms with E-state index in [0.717, 1.165) is 35.1 Å². The number of hydrogen-bond acceptors (Lipinski definition) is 2. The standard InChI is InChI=1S/C25H21ClN2OS/c26-20-11-9-18(10-12-20)15-27-16-24(21-6-2-4-8-23(21)27)30-17-25(29)28-14-13-19-5-1-3-7-22(19)28/h1-12,16H,13-15,17H2. The molecule has 0 bridgehead atoms. The van der Waals surface area contributed by atoms with Crippen molar-refractivity contribution in [2.75, 3.05) is 17.2 Å². The number of hydrogen-bond donors (Lipinski definition) is 0. The Labute approximate surface area is 185 Å². The Hall–Kier alpha value is -2.69. The van der Waals surface area contributed by atoms with Gasteiger partial charge in [0.15, 0.2) is 0 Å². The number of carbonyl (C=O) groups is 1. The third-order valence-corrected chi connectivity index (χ3v) is 6.84. The van der Waals surface area contributed by atoms with Crippen LogP contribution in [-0.4, -0.2) is 22.8 Å². The molecule has 0 fully saturated rings. The van der Waals surface area contributed by atoms with Gasteiger partial charge >= 0.3 is 0 Å². The van der Waals surface area contributed by atoms with Crippen molar-refractivity contribution in [3.8, 4) is 0 Å². The quantitative estimate of drug-likeness (QED) is 0.360. The molecule has 5 rings (SSSR count). The summed E-state index contributed by atoms with van der Waals surface area (Å²) in [6.07, 6.45) is 3.10. The number of para-hydroxylation sites is 2. The van der Waals surface area contributed by atoms with Gasteiger partial charge in [0.25, 0.3) is 0 Å². The number of benzene rings is 3. The molecule has 30 heavy (non-hydrogen) atoms. The fourth-order valence-electron chi connectivity index (χ4n) is 4.06. The molecule has 1 amide bonds. The van der Waals surface area contributed by atoms with Crippen molar-refractivity contribution in [3.05, 3.63) is 95.1 Å². The summed E-state index contributed by atoms with van der Waals surface area (Å²) in [7, 11) is 0. The van der Waals surface area contributed by atoms with Crippen LogP contribution < -0.4 is 4.90 Å². The van der Waals surface area contributed by atoms with Crippen LogP contribution in [0.1, 0.15) is 11.1 Å². The lowest BCUT2D eigenvalue weighted by Gasteiger charge is -2.16. The predicted molar refractivity (Wildman–Crippen MR) is 126 cm³/mol. The van der Waals surface area contributed by atoms with Gasteiger partial charge in [0.2, 0.25) is 5.91 Å². The molecule has 0 spiro atoms. The fourth-order valence-corrected chi connectivity index (χ4v) is 5.15. The van der Waals surface area contributed by atoms with Crippen molar-refractivity contribution in [1.82, 2.24) is 4.57 Å².